The van der Waals surface area contributed by atoms with Gasteiger partial charge in [0.05, 0.1) is 23.6 Å². The van der Waals surface area contributed by atoms with E-state index in [0.29, 0.717) is 36.2 Å². The first-order valence-corrected chi connectivity index (χ1v) is 15.0. The number of likely N-dealkylation sites (tertiary alicyclic amines) is 1. The van der Waals surface area contributed by atoms with E-state index in [-0.39, 0.29) is 11.9 Å². The number of rotatable bonds is 9. The molecular formula is C33H37N9O2. The summed E-state index contributed by atoms with van der Waals surface area (Å²) in [5, 5.41) is 10.6. The molecule has 2 aromatic carbocycles. The van der Waals surface area contributed by atoms with Gasteiger partial charge < -0.3 is 15.5 Å². The summed E-state index contributed by atoms with van der Waals surface area (Å²) >= 11 is 0. The summed E-state index contributed by atoms with van der Waals surface area (Å²) < 4.78 is 1.72. The molecule has 0 unspecified atom stereocenters. The highest BCUT2D eigenvalue weighted by molar-refractivity contribution is 6.03. The van der Waals surface area contributed by atoms with Gasteiger partial charge in [-0.05, 0) is 56.6 Å². The second-order valence-corrected chi connectivity index (χ2v) is 11.2. The number of urea groups is 1. The molecular weight excluding hydrogens is 554 g/mol. The molecule has 1 saturated heterocycles. The topological polar surface area (TPSA) is 112 Å². The molecule has 0 atom stereocenters. The van der Waals surface area contributed by atoms with Crippen LogP contribution in [0.3, 0.4) is 0 Å². The Morgan fingerprint density at radius 2 is 1.86 bits per heavy atom. The Labute approximate surface area is 257 Å². The molecule has 2 N–H and O–H groups in total. The quantitative estimate of drug-likeness (QED) is 0.247. The first-order valence-electron chi connectivity index (χ1n) is 15.0. The highest BCUT2D eigenvalue weighted by atomic mass is 16.2. The maximum Gasteiger partial charge on any atom is 0.330 e. The first-order chi connectivity index (χ1) is 21.4. The van der Waals surface area contributed by atoms with Crippen LogP contribution >= 0.6 is 0 Å². The fraction of sp³-hybridized carbons (Fsp3) is 0.303. The first kappa shape index (κ1) is 29.1. The van der Waals surface area contributed by atoms with E-state index in [1.165, 1.54) is 19.3 Å². The summed E-state index contributed by atoms with van der Waals surface area (Å²) in [5.41, 5.74) is 4.60. The normalized spacial score (nSPS) is 15.5. The predicted molar refractivity (Wildman–Crippen MR) is 171 cm³/mol. The Morgan fingerprint density at radius 1 is 1.05 bits per heavy atom. The number of aromatic nitrogens is 4. The molecule has 3 amide bonds. The molecule has 11 nitrogen and oxygen atoms in total. The largest absolute Gasteiger partial charge is 0.330 e. The van der Waals surface area contributed by atoms with Crippen molar-refractivity contribution in [2.45, 2.75) is 39.3 Å². The van der Waals surface area contributed by atoms with Crippen LogP contribution in [0.1, 0.15) is 36.1 Å². The number of carbonyl (C=O) groups excluding carboxylic acids is 2. The van der Waals surface area contributed by atoms with Gasteiger partial charge in [0.1, 0.15) is 0 Å². The number of anilines is 5. The van der Waals surface area contributed by atoms with Crippen LogP contribution in [0.25, 0.3) is 0 Å². The van der Waals surface area contributed by atoms with Crippen LogP contribution in [0, 0.1) is 6.92 Å². The maximum absolute atomic E-state index is 14.1. The lowest BCUT2D eigenvalue weighted by atomic mass is 10.1. The molecule has 1 fully saturated rings. The summed E-state index contributed by atoms with van der Waals surface area (Å²) in [4.78, 5) is 41.9. The van der Waals surface area contributed by atoms with Gasteiger partial charge in [0.15, 0.2) is 5.82 Å². The lowest BCUT2D eigenvalue weighted by Crippen LogP contribution is -2.45. The molecule has 6 rings (SSSR count). The third kappa shape index (κ3) is 6.78. The number of nitrogens with zero attached hydrogens (tertiary/aromatic N) is 7. The SMILES string of the molecule is Cc1nn(C)cc1Nc1ncc2c(n1)N(c1cccc(NC(=O)/C=C/CN3CCCCC3)c1)C(=O)N(Cc1ccccc1)C2. The summed E-state index contributed by atoms with van der Waals surface area (Å²) in [6.07, 6.45) is 10.8. The van der Waals surface area contributed by atoms with Crippen molar-refractivity contribution in [1.82, 2.24) is 29.5 Å². The van der Waals surface area contributed by atoms with Gasteiger partial charge in [0, 0.05) is 49.9 Å². The molecule has 226 valence electrons. The molecule has 2 aromatic heterocycles. The highest BCUT2D eigenvalue weighted by Crippen LogP contribution is 2.36. The zero-order chi connectivity index (χ0) is 30.5. The van der Waals surface area contributed by atoms with Crippen LogP contribution in [0.2, 0.25) is 0 Å². The van der Waals surface area contributed by atoms with Crippen molar-refractivity contribution in [3.63, 3.8) is 0 Å². The monoisotopic (exact) mass is 591 g/mol. The third-order valence-corrected chi connectivity index (χ3v) is 7.81. The van der Waals surface area contributed by atoms with E-state index in [1.54, 1.807) is 32.8 Å². The molecule has 11 heteroatoms. The number of carbonyl (C=O) groups is 2. The summed E-state index contributed by atoms with van der Waals surface area (Å²) in [7, 11) is 1.85. The van der Waals surface area contributed by atoms with Gasteiger partial charge in [-0.1, -0.05) is 48.9 Å². The van der Waals surface area contributed by atoms with Gasteiger partial charge in [-0.3, -0.25) is 14.4 Å². The Hall–Kier alpha value is -5.03. The lowest BCUT2D eigenvalue weighted by molar-refractivity contribution is -0.111. The summed E-state index contributed by atoms with van der Waals surface area (Å²) in [6.45, 7) is 5.61. The maximum atomic E-state index is 14.1. The Bertz CT molecular complexity index is 1660. The van der Waals surface area contributed by atoms with Gasteiger partial charge in [0.2, 0.25) is 11.9 Å². The van der Waals surface area contributed by atoms with Gasteiger partial charge in [-0.25, -0.2) is 14.7 Å². The summed E-state index contributed by atoms with van der Waals surface area (Å²) in [5.74, 6) is 0.636. The molecule has 2 aliphatic heterocycles. The van der Waals surface area contributed by atoms with Crippen LogP contribution in [0.4, 0.5) is 33.6 Å². The van der Waals surface area contributed by atoms with E-state index in [2.05, 4.69) is 25.6 Å². The fourth-order valence-corrected chi connectivity index (χ4v) is 5.63. The number of hydrogen-bond acceptors (Lipinski definition) is 7. The number of fused-ring (bicyclic) bond motifs is 1. The second kappa shape index (κ2) is 13.1. The fourth-order valence-electron chi connectivity index (χ4n) is 5.63. The van der Waals surface area contributed by atoms with Crippen molar-refractivity contribution in [2.75, 3.05) is 35.2 Å². The molecule has 0 spiro atoms. The van der Waals surface area contributed by atoms with E-state index in [1.807, 2.05) is 74.8 Å². The van der Waals surface area contributed by atoms with Crippen LogP contribution in [-0.4, -0.2) is 61.1 Å². The van der Waals surface area contributed by atoms with Crippen LogP contribution in [-0.2, 0) is 24.9 Å². The van der Waals surface area contributed by atoms with E-state index in [9.17, 15) is 9.59 Å². The van der Waals surface area contributed by atoms with Gasteiger partial charge in [-0.15, -0.1) is 0 Å². The molecule has 2 aliphatic rings. The van der Waals surface area contributed by atoms with Gasteiger partial charge in [-0.2, -0.15) is 10.1 Å². The molecule has 0 bridgehead atoms. The number of hydrogen-bond donors (Lipinski definition) is 2. The summed E-state index contributed by atoms with van der Waals surface area (Å²) in [6, 6.07) is 16.9. The number of benzene rings is 2. The minimum absolute atomic E-state index is 0.212. The van der Waals surface area contributed by atoms with E-state index < -0.39 is 0 Å². The Kier molecular flexibility index (Phi) is 8.64. The van der Waals surface area contributed by atoms with Gasteiger partial charge >= 0.3 is 6.03 Å². The average molecular weight is 592 g/mol. The average Bonchev–Trinajstić information content (AvgIpc) is 3.34. The standard InChI is InChI=1S/C33H37N9O2/c1-24-29(23-39(2)38-24)36-32-34-20-26-22-41(21-25-11-5-3-6-12-25)33(44)42(31(26)37-32)28-14-9-13-27(19-28)35-30(43)15-10-18-40-16-7-4-8-17-40/h3,5-6,9-15,19-20,23H,4,7-8,16-18,21-22H2,1-2H3,(H,35,43)(H,34,36,37)/b15-10+. The zero-order valence-electron chi connectivity index (χ0n) is 25.1. The number of aryl methyl sites for hydroxylation is 2. The van der Waals surface area contributed by atoms with Crippen molar-refractivity contribution >= 4 is 40.8 Å². The minimum atomic E-state index is -0.214. The molecule has 4 aromatic rings. The second-order valence-electron chi connectivity index (χ2n) is 11.2. The number of amides is 3. The number of nitrogens with one attached hydrogen (secondary N) is 2. The number of piperidine rings is 1. The van der Waals surface area contributed by atoms with Crippen molar-refractivity contribution in [1.29, 1.82) is 0 Å². The third-order valence-electron chi connectivity index (χ3n) is 7.81. The minimum Gasteiger partial charge on any atom is -0.322 e. The molecule has 0 aliphatic carbocycles. The molecule has 0 saturated carbocycles. The molecule has 44 heavy (non-hydrogen) atoms. The van der Waals surface area contributed by atoms with E-state index >= 15 is 0 Å². The van der Waals surface area contributed by atoms with Gasteiger partial charge in [0.25, 0.3) is 0 Å². The predicted octanol–water partition coefficient (Wildman–Crippen LogP) is 5.52. The van der Waals surface area contributed by atoms with Crippen molar-refractivity contribution in [2.24, 2.45) is 7.05 Å². The zero-order valence-corrected chi connectivity index (χ0v) is 25.1. The van der Waals surface area contributed by atoms with Crippen molar-refractivity contribution in [3.8, 4) is 0 Å². The van der Waals surface area contributed by atoms with Crippen LogP contribution in [0.5, 0.6) is 0 Å². The lowest BCUT2D eigenvalue weighted by Gasteiger charge is -2.36. The Balaban J connectivity index is 1.27. The highest BCUT2D eigenvalue weighted by Gasteiger charge is 2.33. The van der Waals surface area contributed by atoms with Crippen LogP contribution in [0.15, 0.2) is 79.1 Å². The van der Waals surface area contributed by atoms with E-state index in [0.717, 1.165) is 42.1 Å². The molecule has 0 radical (unpaired) electrons. The molecule has 4 heterocycles. The van der Waals surface area contributed by atoms with Crippen molar-refractivity contribution < 1.29 is 9.59 Å². The van der Waals surface area contributed by atoms with E-state index in [4.69, 9.17) is 4.98 Å². The van der Waals surface area contributed by atoms with Crippen molar-refractivity contribution in [3.05, 3.63) is 96.0 Å². The smallest absolute Gasteiger partial charge is 0.322 e. The Morgan fingerprint density at radius 3 is 2.64 bits per heavy atom. The van der Waals surface area contributed by atoms with Crippen LogP contribution < -0.4 is 15.5 Å².